The lowest BCUT2D eigenvalue weighted by molar-refractivity contribution is 0.578. The van der Waals surface area contributed by atoms with Crippen LogP contribution in [-0.2, 0) is 13.0 Å². The fraction of sp³-hybridized carbons (Fsp3) is 0.412. The van der Waals surface area contributed by atoms with Gasteiger partial charge in [-0.2, -0.15) is 0 Å². The van der Waals surface area contributed by atoms with E-state index < -0.39 is 0 Å². The third-order valence-corrected chi connectivity index (χ3v) is 4.74. The van der Waals surface area contributed by atoms with Crippen molar-refractivity contribution in [3.63, 3.8) is 0 Å². The summed E-state index contributed by atoms with van der Waals surface area (Å²) in [5, 5.41) is 3.54. The Labute approximate surface area is 131 Å². The fourth-order valence-corrected chi connectivity index (χ4v) is 3.21. The van der Waals surface area contributed by atoms with Crippen molar-refractivity contribution in [2.24, 2.45) is 0 Å². The Hall–Kier alpha value is -0.830. The molecular weight excluding hydrogens is 286 g/mol. The van der Waals surface area contributed by atoms with Crippen molar-refractivity contribution >= 4 is 22.9 Å². The summed E-state index contributed by atoms with van der Waals surface area (Å²) in [6.07, 6.45) is 3.71. The standard InChI is InChI=1S/C17H22ClNS/c1-3-4-5-14-6-8-15(9-7-14)13(2)19-12-16-10-11-17(18)20-16/h6-11,13,19H,3-5,12H2,1-2H3. The van der Waals surface area contributed by atoms with E-state index in [0.717, 1.165) is 10.9 Å². The molecule has 0 bridgehead atoms. The molecule has 0 aliphatic rings. The van der Waals surface area contributed by atoms with Crippen molar-refractivity contribution in [2.45, 2.75) is 45.7 Å². The van der Waals surface area contributed by atoms with Gasteiger partial charge in [-0.15, -0.1) is 11.3 Å². The summed E-state index contributed by atoms with van der Waals surface area (Å²) in [7, 11) is 0. The van der Waals surface area contributed by atoms with E-state index in [0.29, 0.717) is 6.04 Å². The van der Waals surface area contributed by atoms with E-state index in [2.05, 4.69) is 49.5 Å². The highest BCUT2D eigenvalue weighted by Gasteiger charge is 2.06. The molecule has 2 aromatic rings. The van der Waals surface area contributed by atoms with Crippen molar-refractivity contribution in [3.8, 4) is 0 Å². The van der Waals surface area contributed by atoms with E-state index in [1.54, 1.807) is 11.3 Å². The molecule has 0 amide bonds. The molecule has 0 spiro atoms. The van der Waals surface area contributed by atoms with Gasteiger partial charge in [-0.1, -0.05) is 49.2 Å². The van der Waals surface area contributed by atoms with Crippen LogP contribution in [0.2, 0.25) is 4.34 Å². The zero-order valence-corrected chi connectivity index (χ0v) is 13.7. The number of unbranched alkanes of at least 4 members (excludes halogenated alkanes) is 1. The summed E-state index contributed by atoms with van der Waals surface area (Å²) in [6.45, 7) is 5.31. The summed E-state index contributed by atoms with van der Waals surface area (Å²) in [4.78, 5) is 1.28. The molecule has 1 atom stereocenters. The highest BCUT2D eigenvalue weighted by atomic mass is 35.5. The Morgan fingerprint density at radius 1 is 1.15 bits per heavy atom. The van der Waals surface area contributed by atoms with Gasteiger partial charge >= 0.3 is 0 Å². The quantitative estimate of drug-likeness (QED) is 0.702. The molecule has 1 unspecified atom stereocenters. The van der Waals surface area contributed by atoms with Gasteiger partial charge in [0.15, 0.2) is 0 Å². The second-order valence-corrected chi connectivity index (χ2v) is 6.95. The summed E-state index contributed by atoms with van der Waals surface area (Å²) in [5.41, 5.74) is 2.78. The third kappa shape index (κ3) is 4.62. The lowest BCUT2D eigenvalue weighted by atomic mass is 10.0. The van der Waals surface area contributed by atoms with Crippen molar-refractivity contribution in [3.05, 3.63) is 56.7 Å². The largest absolute Gasteiger partial charge is 0.305 e. The van der Waals surface area contributed by atoms with Crippen LogP contribution in [0.15, 0.2) is 36.4 Å². The first-order valence-corrected chi connectivity index (χ1v) is 8.45. The maximum atomic E-state index is 5.94. The molecule has 3 heteroatoms. The van der Waals surface area contributed by atoms with E-state index in [-0.39, 0.29) is 0 Å². The van der Waals surface area contributed by atoms with Crippen LogP contribution >= 0.6 is 22.9 Å². The molecule has 20 heavy (non-hydrogen) atoms. The lowest BCUT2D eigenvalue weighted by Gasteiger charge is -2.14. The van der Waals surface area contributed by atoms with Crippen molar-refractivity contribution in [2.75, 3.05) is 0 Å². The topological polar surface area (TPSA) is 12.0 Å². The molecule has 0 saturated carbocycles. The van der Waals surface area contributed by atoms with E-state index >= 15 is 0 Å². The Morgan fingerprint density at radius 3 is 2.50 bits per heavy atom. The average molecular weight is 308 g/mol. The van der Waals surface area contributed by atoms with Crippen LogP contribution in [0.3, 0.4) is 0 Å². The monoisotopic (exact) mass is 307 g/mol. The summed E-state index contributed by atoms with van der Waals surface area (Å²) in [6, 6.07) is 13.4. The summed E-state index contributed by atoms with van der Waals surface area (Å²) < 4.78 is 0.856. The molecule has 0 aliphatic heterocycles. The summed E-state index contributed by atoms with van der Waals surface area (Å²) >= 11 is 7.58. The predicted octanol–water partition coefficient (Wildman–Crippen LogP) is 5.59. The van der Waals surface area contributed by atoms with Crippen molar-refractivity contribution in [1.82, 2.24) is 5.32 Å². The number of rotatable bonds is 7. The molecule has 0 aliphatic carbocycles. The number of halogens is 1. The van der Waals surface area contributed by atoms with Crippen LogP contribution in [-0.4, -0.2) is 0 Å². The molecule has 1 heterocycles. The summed E-state index contributed by atoms with van der Waals surface area (Å²) in [5.74, 6) is 0. The first kappa shape index (κ1) is 15.6. The van der Waals surface area contributed by atoms with E-state index in [4.69, 9.17) is 11.6 Å². The number of benzene rings is 1. The van der Waals surface area contributed by atoms with E-state index in [9.17, 15) is 0 Å². The molecular formula is C17H22ClNS. The number of aryl methyl sites for hydroxylation is 1. The van der Waals surface area contributed by atoms with Gasteiger partial charge in [-0.3, -0.25) is 0 Å². The minimum absolute atomic E-state index is 0.358. The Bertz CT molecular complexity index is 518. The van der Waals surface area contributed by atoms with Crippen LogP contribution in [0.25, 0.3) is 0 Å². The molecule has 0 radical (unpaired) electrons. The van der Waals surface area contributed by atoms with Crippen molar-refractivity contribution in [1.29, 1.82) is 0 Å². The van der Waals surface area contributed by atoms with E-state index in [1.807, 2.05) is 6.07 Å². The second-order valence-electron chi connectivity index (χ2n) is 5.15. The number of nitrogens with one attached hydrogen (secondary N) is 1. The fourth-order valence-electron chi connectivity index (χ4n) is 2.17. The average Bonchev–Trinajstić information content (AvgIpc) is 2.89. The minimum atomic E-state index is 0.358. The number of thiophene rings is 1. The van der Waals surface area contributed by atoms with Gasteiger partial charge in [0.2, 0.25) is 0 Å². The van der Waals surface area contributed by atoms with Gasteiger partial charge in [0, 0.05) is 17.5 Å². The van der Waals surface area contributed by atoms with Gasteiger partial charge < -0.3 is 5.32 Å². The van der Waals surface area contributed by atoms with E-state index in [1.165, 1.54) is 35.3 Å². The molecule has 108 valence electrons. The van der Waals surface area contributed by atoms with Crippen LogP contribution in [0, 0.1) is 0 Å². The second kappa shape index (κ2) is 7.82. The van der Waals surface area contributed by atoms with Gasteiger partial charge in [0.05, 0.1) is 4.34 Å². The Balaban J connectivity index is 1.86. The Morgan fingerprint density at radius 2 is 1.90 bits per heavy atom. The molecule has 1 aromatic carbocycles. The van der Waals surface area contributed by atoms with Crippen LogP contribution < -0.4 is 5.32 Å². The molecule has 0 fully saturated rings. The minimum Gasteiger partial charge on any atom is -0.305 e. The maximum Gasteiger partial charge on any atom is 0.0931 e. The molecule has 1 aromatic heterocycles. The zero-order chi connectivity index (χ0) is 14.4. The maximum absolute atomic E-state index is 5.94. The molecule has 2 rings (SSSR count). The number of hydrogen-bond acceptors (Lipinski definition) is 2. The Kier molecular flexibility index (Phi) is 6.08. The molecule has 1 nitrogen and oxygen atoms in total. The highest BCUT2D eigenvalue weighted by Crippen LogP contribution is 2.22. The molecule has 0 saturated heterocycles. The van der Waals surface area contributed by atoms with Gasteiger partial charge in [-0.25, -0.2) is 0 Å². The first-order valence-electron chi connectivity index (χ1n) is 7.25. The smallest absolute Gasteiger partial charge is 0.0931 e. The normalized spacial score (nSPS) is 12.6. The van der Waals surface area contributed by atoms with Gasteiger partial charge in [0.25, 0.3) is 0 Å². The SMILES string of the molecule is CCCCc1ccc(C(C)NCc2ccc(Cl)s2)cc1. The first-order chi connectivity index (χ1) is 9.69. The van der Waals surface area contributed by atoms with Gasteiger partial charge in [0.1, 0.15) is 0 Å². The van der Waals surface area contributed by atoms with Crippen LogP contribution in [0.1, 0.15) is 48.7 Å². The van der Waals surface area contributed by atoms with Crippen LogP contribution in [0.5, 0.6) is 0 Å². The third-order valence-electron chi connectivity index (χ3n) is 3.51. The predicted molar refractivity (Wildman–Crippen MR) is 89.6 cm³/mol. The highest BCUT2D eigenvalue weighted by molar-refractivity contribution is 7.16. The van der Waals surface area contributed by atoms with Crippen LogP contribution in [0.4, 0.5) is 0 Å². The van der Waals surface area contributed by atoms with Gasteiger partial charge in [-0.05, 0) is 43.0 Å². The van der Waals surface area contributed by atoms with Crippen molar-refractivity contribution < 1.29 is 0 Å². The lowest BCUT2D eigenvalue weighted by Crippen LogP contribution is -2.17. The molecule has 1 N–H and O–H groups in total. The number of hydrogen-bond donors (Lipinski definition) is 1. The zero-order valence-electron chi connectivity index (χ0n) is 12.2.